The number of ether oxygens (including phenoxy) is 1. The molecule has 124 valence electrons. The lowest BCUT2D eigenvalue weighted by Gasteiger charge is -2.12. The predicted molar refractivity (Wildman–Crippen MR) is 94.3 cm³/mol. The molecule has 0 aliphatic heterocycles. The molecule has 2 rings (SSSR count). The molecule has 1 aromatic carbocycles. The van der Waals surface area contributed by atoms with Gasteiger partial charge in [0.1, 0.15) is 11.6 Å². The van der Waals surface area contributed by atoms with Gasteiger partial charge >= 0.3 is 0 Å². The first-order valence-corrected chi connectivity index (χ1v) is 7.76. The fraction of sp³-hybridized carbons (Fsp3) is 0.412. The second-order valence-electron chi connectivity index (χ2n) is 5.48. The minimum Gasteiger partial charge on any atom is -0.496 e. The summed E-state index contributed by atoms with van der Waals surface area (Å²) < 4.78 is 5.36. The molecule has 0 radical (unpaired) electrons. The second-order valence-corrected chi connectivity index (χ2v) is 5.48. The number of aromatic nitrogens is 2. The highest BCUT2D eigenvalue weighted by Gasteiger charge is 2.03. The molecule has 0 saturated carbocycles. The highest BCUT2D eigenvalue weighted by atomic mass is 16.5. The van der Waals surface area contributed by atoms with E-state index in [0.717, 1.165) is 37.6 Å². The van der Waals surface area contributed by atoms with E-state index in [9.17, 15) is 0 Å². The molecule has 6 nitrogen and oxygen atoms in total. The first-order valence-electron chi connectivity index (χ1n) is 7.76. The maximum atomic E-state index is 5.36. The summed E-state index contributed by atoms with van der Waals surface area (Å²) in [5, 5.41) is 6.55. The van der Waals surface area contributed by atoms with Crippen LogP contribution in [0.1, 0.15) is 5.56 Å². The Morgan fingerprint density at radius 1 is 1.09 bits per heavy atom. The largest absolute Gasteiger partial charge is 0.496 e. The summed E-state index contributed by atoms with van der Waals surface area (Å²) in [5.74, 6) is 2.38. The van der Waals surface area contributed by atoms with E-state index in [1.54, 1.807) is 13.3 Å². The lowest BCUT2D eigenvalue weighted by molar-refractivity contribution is 0.410. The van der Waals surface area contributed by atoms with Crippen molar-refractivity contribution in [2.45, 2.75) is 6.42 Å². The fourth-order valence-corrected chi connectivity index (χ4v) is 2.17. The van der Waals surface area contributed by atoms with E-state index in [2.05, 4.69) is 31.6 Å². The molecule has 0 spiro atoms. The number of anilines is 2. The highest BCUT2D eigenvalue weighted by molar-refractivity contribution is 5.40. The molecule has 6 heteroatoms. The lowest BCUT2D eigenvalue weighted by Crippen LogP contribution is -2.21. The molecule has 1 heterocycles. The van der Waals surface area contributed by atoms with Gasteiger partial charge in [0.15, 0.2) is 0 Å². The van der Waals surface area contributed by atoms with Gasteiger partial charge in [-0.25, -0.2) is 4.98 Å². The average Bonchev–Trinajstić information content (AvgIpc) is 2.55. The molecule has 0 fully saturated rings. The summed E-state index contributed by atoms with van der Waals surface area (Å²) in [4.78, 5) is 10.8. The Bertz CT molecular complexity index is 603. The van der Waals surface area contributed by atoms with Crippen LogP contribution < -0.4 is 15.4 Å². The Kier molecular flexibility index (Phi) is 6.62. The third-order valence-electron chi connectivity index (χ3n) is 3.39. The molecule has 0 aliphatic carbocycles. The zero-order valence-electron chi connectivity index (χ0n) is 14.0. The van der Waals surface area contributed by atoms with Crippen molar-refractivity contribution in [1.29, 1.82) is 0 Å². The number of nitrogens with zero attached hydrogens (tertiary/aromatic N) is 3. The van der Waals surface area contributed by atoms with Gasteiger partial charge in [-0.1, -0.05) is 18.2 Å². The summed E-state index contributed by atoms with van der Waals surface area (Å²) in [5.41, 5.74) is 1.17. The van der Waals surface area contributed by atoms with Gasteiger partial charge in [0, 0.05) is 25.8 Å². The minimum absolute atomic E-state index is 0.634. The van der Waals surface area contributed by atoms with Gasteiger partial charge < -0.3 is 20.3 Å². The topological polar surface area (TPSA) is 62.3 Å². The van der Waals surface area contributed by atoms with Crippen molar-refractivity contribution in [3.05, 3.63) is 42.1 Å². The van der Waals surface area contributed by atoms with Crippen molar-refractivity contribution < 1.29 is 4.74 Å². The van der Waals surface area contributed by atoms with E-state index in [-0.39, 0.29) is 0 Å². The van der Waals surface area contributed by atoms with Crippen molar-refractivity contribution in [3.63, 3.8) is 0 Å². The Morgan fingerprint density at radius 3 is 2.70 bits per heavy atom. The average molecular weight is 315 g/mol. The lowest BCUT2D eigenvalue weighted by atomic mass is 10.1. The van der Waals surface area contributed by atoms with Gasteiger partial charge in [0.2, 0.25) is 5.95 Å². The van der Waals surface area contributed by atoms with Gasteiger partial charge in [-0.05, 0) is 38.2 Å². The quantitative estimate of drug-likeness (QED) is 0.739. The van der Waals surface area contributed by atoms with Crippen molar-refractivity contribution >= 4 is 11.8 Å². The normalized spacial score (nSPS) is 10.6. The molecule has 2 N–H and O–H groups in total. The first kappa shape index (κ1) is 17.0. The summed E-state index contributed by atoms with van der Waals surface area (Å²) in [7, 11) is 5.79. The van der Waals surface area contributed by atoms with Gasteiger partial charge in [-0.15, -0.1) is 0 Å². The van der Waals surface area contributed by atoms with E-state index in [1.807, 2.05) is 38.4 Å². The summed E-state index contributed by atoms with van der Waals surface area (Å²) in [6.07, 6.45) is 2.61. The Labute approximate surface area is 137 Å². The van der Waals surface area contributed by atoms with E-state index in [4.69, 9.17) is 4.74 Å². The van der Waals surface area contributed by atoms with Crippen LogP contribution in [0.15, 0.2) is 36.5 Å². The molecule has 23 heavy (non-hydrogen) atoms. The SMILES string of the molecule is COc1ccccc1CCNc1nccc(NCCN(C)C)n1. The van der Waals surface area contributed by atoms with Gasteiger partial charge in [0.25, 0.3) is 0 Å². The number of nitrogens with one attached hydrogen (secondary N) is 2. The predicted octanol–water partition coefficient (Wildman–Crippen LogP) is 2.11. The second kappa shape index (κ2) is 8.95. The smallest absolute Gasteiger partial charge is 0.224 e. The van der Waals surface area contributed by atoms with Crippen LogP contribution in [0.5, 0.6) is 5.75 Å². The maximum Gasteiger partial charge on any atom is 0.224 e. The van der Waals surface area contributed by atoms with E-state index in [0.29, 0.717) is 5.95 Å². The number of benzene rings is 1. The zero-order chi connectivity index (χ0) is 16.5. The Hall–Kier alpha value is -2.34. The minimum atomic E-state index is 0.634. The molecular formula is C17H25N5O. The molecule has 0 unspecified atom stereocenters. The maximum absolute atomic E-state index is 5.36. The number of methoxy groups -OCH3 is 1. The van der Waals surface area contributed by atoms with Crippen LogP contribution in [0.4, 0.5) is 11.8 Å². The van der Waals surface area contributed by atoms with Crippen molar-refractivity contribution in [3.8, 4) is 5.75 Å². The number of hydrogen-bond donors (Lipinski definition) is 2. The molecule has 0 amide bonds. The Morgan fingerprint density at radius 2 is 1.91 bits per heavy atom. The van der Waals surface area contributed by atoms with Gasteiger partial charge in [-0.3, -0.25) is 0 Å². The van der Waals surface area contributed by atoms with Gasteiger partial charge in [-0.2, -0.15) is 4.98 Å². The molecule has 1 aromatic heterocycles. The molecule has 0 saturated heterocycles. The zero-order valence-corrected chi connectivity index (χ0v) is 14.0. The molecule has 0 atom stereocenters. The Balaban J connectivity index is 1.83. The molecule has 0 aliphatic rings. The number of para-hydroxylation sites is 1. The third-order valence-corrected chi connectivity index (χ3v) is 3.39. The molecular weight excluding hydrogens is 290 g/mol. The summed E-state index contributed by atoms with van der Waals surface area (Å²) in [6, 6.07) is 9.91. The number of likely N-dealkylation sites (N-methyl/N-ethyl adjacent to an activating group) is 1. The monoisotopic (exact) mass is 315 g/mol. The number of hydrogen-bond acceptors (Lipinski definition) is 6. The van der Waals surface area contributed by atoms with Crippen LogP contribution in [-0.2, 0) is 6.42 Å². The standard InChI is InChI=1S/C17H25N5O/c1-22(2)13-12-18-16-9-11-20-17(21-16)19-10-8-14-6-4-5-7-15(14)23-3/h4-7,9,11H,8,10,12-13H2,1-3H3,(H2,18,19,20,21). The fourth-order valence-electron chi connectivity index (χ4n) is 2.17. The first-order chi connectivity index (χ1) is 11.2. The van der Waals surface area contributed by atoms with Crippen LogP contribution in [0, 0.1) is 0 Å². The summed E-state index contributed by atoms with van der Waals surface area (Å²) >= 11 is 0. The van der Waals surface area contributed by atoms with E-state index < -0.39 is 0 Å². The van der Waals surface area contributed by atoms with Gasteiger partial charge in [0.05, 0.1) is 7.11 Å². The van der Waals surface area contributed by atoms with Crippen LogP contribution >= 0.6 is 0 Å². The molecule has 0 bridgehead atoms. The van der Waals surface area contributed by atoms with Crippen LogP contribution in [0.2, 0.25) is 0 Å². The third kappa shape index (κ3) is 5.75. The highest BCUT2D eigenvalue weighted by Crippen LogP contribution is 2.17. The molecule has 2 aromatic rings. The van der Waals surface area contributed by atoms with Crippen LogP contribution in [-0.4, -0.2) is 55.7 Å². The van der Waals surface area contributed by atoms with Crippen LogP contribution in [0.25, 0.3) is 0 Å². The van der Waals surface area contributed by atoms with Crippen molar-refractivity contribution in [2.24, 2.45) is 0 Å². The summed E-state index contributed by atoms with van der Waals surface area (Å²) in [6.45, 7) is 2.56. The van der Waals surface area contributed by atoms with E-state index >= 15 is 0 Å². The van der Waals surface area contributed by atoms with Crippen molar-refractivity contribution in [1.82, 2.24) is 14.9 Å². The van der Waals surface area contributed by atoms with E-state index in [1.165, 1.54) is 5.56 Å². The van der Waals surface area contributed by atoms with Crippen LogP contribution in [0.3, 0.4) is 0 Å². The van der Waals surface area contributed by atoms with Crippen molar-refractivity contribution in [2.75, 3.05) is 51.5 Å². The number of rotatable bonds is 9.